The largest absolute Gasteiger partial charge is 0.389 e. The molecule has 0 saturated heterocycles. The Balaban J connectivity index is -0.0000000624. The molecule has 1 N–H and O–H groups in total. The maximum absolute atomic E-state index is 10.2. The Morgan fingerprint density at radius 1 is 0.356 bits per heavy atom. The molecule has 0 aliphatic carbocycles. The van der Waals surface area contributed by atoms with Crippen molar-refractivity contribution in [3.63, 3.8) is 0 Å². The Morgan fingerprint density at radius 3 is 0.542 bits per heavy atom. The van der Waals surface area contributed by atoms with Gasteiger partial charge in [0.25, 0.3) is 0 Å². The monoisotopic (exact) mass is 847 g/mol. The summed E-state index contributed by atoms with van der Waals surface area (Å²) >= 11 is 0. The van der Waals surface area contributed by atoms with E-state index in [4.69, 9.17) is 0 Å². The molecule has 0 aliphatic heterocycles. The third kappa shape index (κ3) is 27.3. The molecule has 0 aliphatic rings. The third-order valence-electron chi connectivity index (χ3n) is 13.7. The van der Waals surface area contributed by atoms with E-state index < -0.39 is 5.60 Å². The van der Waals surface area contributed by atoms with Crippen molar-refractivity contribution in [2.75, 3.05) is 0 Å². The number of rotatable bonds is 15. The maximum Gasteiger partial charge on any atom is 0.0716 e. The van der Waals surface area contributed by atoms with E-state index in [1.54, 1.807) is 0 Å². The van der Waals surface area contributed by atoms with Crippen LogP contribution in [-0.2, 0) is 0 Å². The topological polar surface area (TPSA) is 47.3 Å². The van der Waals surface area contributed by atoms with Crippen molar-refractivity contribution < 1.29 is 5.11 Å². The first-order valence-electron chi connectivity index (χ1n) is 22.9. The highest BCUT2D eigenvalue weighted by Gasteiger charge is 2.40. The molecular weight excluding hydrogens is 717 g/mol. The van der Waals surface area contributed by atoms with E-state index in [0.717, 1.165) is 41.4 Å². The molecule has 3 nitrogen and oxygen atoms in total. The van der Waals surface area contributed by atoms with Gasteiger partial charge in [-0.15, -0.1) is 0 Å². The molecule has 59 heavy (non-hydrogen) atoms. The van der Waals surface area contributed by atoms with Crippen LogP contribution in [0.5, 0.6) is 0 Å². The van der Waals surface area contributed by atoms with Gasteiger partial charge < -0.3 is 5.11 Å². The van der Waals surface area contributed by atoms with Crippen molar-refractivity contribution in [1.82, 2.24) is 4.90 Å². The number of hydrogen-bond donors (Lipinski definition) is 1. The predicted octanol–water partition coefficient (Wildman–Crippen LogP) is 19.4. The molecule has 0 amide bonds. The summed E-state index contributed by atoms with van der Waals surface area (Å²) in [5.41, 5.74) is -0.153. The fourth-order valence-corrected chi connectivity index (χ4v) is 10.5. The number of hydrogen-bond acceptors (Lipinski definition) is 3. The average Bonchev–Trinajstić information content (AvgIpc) is 2.95. The van der Waals surface area contributed by atoms with Gasteiger partial charge in [0.1, 0.15) is 0 Å². The average molecular weight is 848 g/mol. The Labute approximate surface area is 383 Å². The highest BCUT2D eigenvalue weighted by atomic mass is 16.3. The van der Waals surface area contributed by atoms with E-state index in [0.29, 0.717) is 59.0 Å². The molecule has 0 rings (SSSR count). The van der Waals surface area contributed by atoms with Crippen LogP contribution in [-0.4, -0.2) is 33.7 Å². The zero-order valence-electron chi connectivity index (χ0n) is 43.6. The molecule has 0 bridgehead atoms. The third-order valence-corrected chi connectivity index (χ3v) is 13.7. The molecule has 0 aromatic carbocycles. The van der Waals surface area contributed by atoms with Crippen LogP contribution in [0.15, 0.2) is 0 Å². The molecule has 0 saturated carbocycles. The first kappa shape index (κ1) is 82.1. The molecule has 370 valence electrons. The molecule has 0 unspecified atom stereocenters. The highest BCUT2D eigenvalue weighted by molar-refractivity contribution is 5.04. The second kappa shape index (κ2) is 37.9. The molecule has 3 heteroatoms. The lowest BCUT2D eigenvalue weighted by molar-refractivity contribution is -0.0848. The van der Waals surface area contributed by atoms with Crippen LogP contribution in [0.1, 0.15) is 252 Å². The van der Waals surface area contributed by atoms with Gasteiger partial charge in [-0.25, -0.2) is 0 Å². The zero-order chi connectivity index (χ0) is 45.0. The van der Waals surface area contributed by atoms with Crippen molar-refractivity contribution in [1.29, 1.82) is 5.26 Å². The van der Waals surface area contributed by atoms with Crippen molar-refractivity contribution >= 4 is 0 Å². The van der Waals surface area contributed by atoms with E-state index in [1.807, 2.05) is 0 Å². The summed E-state index contributed by atoms with van der Waals surface area (Å²) in [6.45, 7) is 69.2. The SMILES string of the molecule is C.C.C.C.C.CC(C)C(C#N)(C(C)C)C(C)C.CC(C)C(C(C)C)C(C)C.CC(C)C(C)(C(C)C)C(C)C.CC(C)C(O)(C(C)C)C(C)C.CC(C)N(C(C)C)C(C)C. The minimum absolute atomic E-state index is 0. The lowest BCUT2D eigenvalue weighted by Crippen LogP contribution is -2.45. The second-order valence-electron chi connectivity index (χ2n) is 21.7. The zero-order valence-corrected chi connectivity index (χ0v) is 43.6. The van der Waals surface area contributed by atoms with E-state index in [9.17, 15) is 10.4 Å². The maximum atomic E-state index is 10.2. The van der Waals surface area contributed by atoms with Gasteiger partial charge in [0.15, 0.2) is 0 Å². The van der Waals surface area contributed by atoms with Gasteiger partial charge in [-0.1, -0.05) is 210 Å². The minimum atomic E-state index is -0.500. The fourth-order valence-electron chi connectivity index (χ4n) is 10.5. The van der Waals surface area contributed by atoms with Crippen LogP contribution < -0.4 is 0 Å². The normalized spacial score (nSPS) is 11.9. The molecule has 0 heterocycles. The summed E-state index contributed by atoms with van der Waals surface area (Å²) in [6.07, 6.45) is 0. The first-order valence-corrected chi connectivity index (χ1v) is 22.9. The molecule has 0 atom stereocenters. The van der Waals surface area contributed by atoms with Gasteiger partial charge in [0, 0.05) is 18.1 Å². The molecule has 0 aromatic rings. The summed E-state index contributed by atoms with van der Waals surface area (Å²) in [5, 5.41) is 19.5. The summed E-state index contributed by atoms with van der Waals surface area (Å²) in [4.78, 5) is 2.50. The Kier molecular flexibility index (Phi) is 52.8. The summed E-state index contributed by atoms with van der Waals surface area (Å²) in [7, 11) is 0. The summed E-state index contributed by atoms with van der Waals surface area (Å²) in [5.74, 6) is 8.03. The van der Waals surface area contributed by atoms with Crippen LogP contribution >= 0.6 is 0 Å². The Hall–Kier alpha value is -0.590. The van der Waals surface area contributed by atoms with Crippen LogP contribution in [0.25, 0.3) is 0 Å². The van der Waals surface area contributed by atoms with Gasteiger partial charge in [0.05, 0.1) is 17.1 Å². The smallest absolute Gasteiger partial charge is 0.0716 e. The quantitative estimate of drug-likeness (QED) is 0.179. The van der Waals surface area contributed by atoms with Gasteiger partial charge in [-0.05, 0) is 124 Å². The van der Waals surface area contributed by atoms with Crippen LogP contribution in [0.2, 0.25) is 0 Å². The van der Waals surface area contributed by atoms with Crippen molar-refractivity contribution in [2.24, 2.45) is 87.8 Å². The molecule has 0 aromatic heterocycles. The van der Waals surface area contributed by atoms with Gasteiger partial charge in [0.2, 0.25) is 0 Å². The molecule has 0 fully saturated rings. The first-order chi connectivity index (χ1) is 24.0. The standard InChI is InChI=1S/C11H21N.C11H24.C10H22O.C10H22.C9H21N.5CH4/c1-8(2)11(7-12,9(3)4)10(5)6;1-8(2)11(7,9(3)4)10(5)6;1-7(2)10(11,8(3)4)9(5)6;2*1-7(2)10(8(3)4)9(5)6;;;;;/h8-10H,1-6H3;8-10H,1-7H3;7-9,11H,1-6H3;7-10H,1-6H3;7-9H,1-6H3;5*1H4. The summed E-state index contributed by atoms with van der Waals surface area (Å²) in [6, 6.07) is 4.51. The van der Waals surface area contributed by atoms with Crippen LogP contribution in [0.4, 0.5) is 0 Å². The molecule has 0 spiro atoms. The van der Waals surface area contributed by atoms with Gasteiger partial charge in [-0.3, -0.25) is 4.90 Å². The Bertz CT molecular complexity index is 751. The van der Waals surface area contributed by atoms with Crippen LogP contribution in [0, 0.1) is 99.1 Å². The molecule has 0 radical (unpaired) electrons. The second-order valence-corrected chi connectivity index (χ2v) is 21.7. The van der Waals surface area contributed by atoms with Crippen molar-refractivity contribution in [3.8, 4) is 6.07 Å². The molecular formula is C56H130N2O. The lowest BCUT2D eigenvalue weighted by atomic mass is 9.63. The Morgan fingerprint density at radius 2 is 0.542 bits per heavy atom. The van der Waals surface area contributed by atoms with E-state index in [1.165, 1.54) is 0 Å². The van der Waals surface area contributed by atoms with Crippen LogP contribution in [0.3, 0.4) is 0 Å². The fraction of sp³-hybridized carbons (Fsp3) is 0.982. The van der Waals surface area contributed by atoms with E-state index in [2.05, 4.69) is 226 Å². The van der Waals surface area contributed by atoms with E-state index in [-0.39, 0.29) is 42.5 Å². The van der Waals surface area contributed by atoms with E-state index >= 15 is 0 Å². The predicted molar refractivity (Wildman–Crippen MR) is 284 cm³/mol. The minimum Gasteiger partial charge on any atom is -0.389 e. The number of aliphatic hydroxyl groups is 1. The van der Waals surface area contributed by atoms with Gasteiger partial charge in [-0.2, -0.15) is 5.26 Å². The number of nitriles is 1. The summed E-state index contributed by atoms with van der Waals surface area (Å²) < 4.78 is 0. The van der Waals surface area contributed by atoms with Gasteiger partial charge >= 0.3 is 0 Å². The van der Waals surface area contributed by atoms with Crippen molar-refractivity contribution in [3.05, 3.63) is 0 Å². The van der Waals surface area contributed by atoms with Crippen molar-refractivity contribution in [2.45, 2.75) is 275 Å². The highest BCUT2D eigenvalue weighted by Crippen LogP contribution is 2.43. The lowest BCUT2D eigenvalue weighted by Gasteiger charge is -2.41. The number of nitrogens with zero attached hydrogens (tertiary/aromatic N) is 2.